The molecule has 1 aliphatic rings. The average Bonchev–Trinajstić information content (AvgIpc) is 3.32. The summed E-state index contributed by atoms with van der Waals surface area (Å²) in [7, 11) is 0. The second kappa shape index (κ2) is 8.22. The van der Waals surface area contributed by atoms with Crippen molar-refractivity contribution in [2.24, 2.45) is 11.0 Å². The number of aromatic amines is 1. The summed E-state index contributed by atoms with van der Waals surface area (Å²) in [4.78, 5) is 40.8. The number of fused-ring (bicyclic) bond motifs is 1. The molecular formula is C22H18F2N4O4. The summed E-state index contributed by atoms with van der Waals surface area (Å²) in [6.45, 7) is 0.00838. The van der Waals surface area contributed by atoms with Gasteiger partial charge in [0.2, 0.25) is 5.91 Å². The van der Waals surface area contributed by atoms with Crippen molar-refractivity contribution in [1.82, 2.24) is 4.98 Å². The fourth-order valence-electron chi connectivity index (χ4n) is 3.50. The zero-order valence-corrected chi connectivity index (χ0v) is 17.1. The zero-order chi connectivity index (χ0) is 23.0. The highest BCUT2D eigenvalue weighted by molar-refractivity contribution is 6.29. The SMILES string of the molecule is CC(=O)c1cc(NC(=O)C2C(=O)N(c3ccc(OC(F)F)cc3)N=C2C)c2[nH]ccc2c1. The minimum atomic E-state index is -2.96. The number of aromatic nitrogens is 1. The molecule has 2 amide bonds. The van der Waals surface area contributed by atoms with Crippen molar-refractivity contribution < 1.29 is 27.9 Å². The van der Waals surface area contributed by atoms with Crippen LogP contribution in [0.25, 0.3) is 10.9 Å². The van der Waals surface area contributed by atoms with Gasteiger partial charge in [-0.1, -0.05) is 0 Å². The summed E-state index contributed by atoms with van der Waals surface area (Å²) in [6.07, 6.45) is 1.68. The lowest BCUT2D eigenvalue weighted by molar-refractivity contribution is -0.127. The molecule has 10 heteroatoms. The summed E-state index contributed by atoms with van der Waals surface area (Å²) in [5, 5.41) is 8.66. The molecule has 8 nitrogen and oxygen atoms in total. The van der Waals surface area contributed by atoms with E-state index >= 15 is 0 Å². The molecule has 0 aliphatic carbocycles. The fourth-order valence-corrected chi connectivity index (χ4v) is 3.50. The summed E-state index contributed by atoms with van der Waals surface area (Å²) < 4.78 is 28.9. The van der Waals surface area contributed by atoms with Crippen LogP contribution in [-0.4, -0.2) is 34.9 Å². The number of hydrazone groups is 1. The smallest absolute Gasteiger partial charge is 0.387 e. The third-order valence-corrected chi connectivity index (χ3v) is 5.02. The third-order valence-electron chi connectivity index (χ3n) is 5.02. The molecular weight excluding hydrogens is 422 g/mol. The van der Waals surface area contributed by atoms with Crippen molar-refractivity contribution in [1.29, 1.82) is 0 Å². The quantitative estimate of drug-likeness (QED) is 0.447. The standard InChI is InChI=1S/C22H18F2N4O4/c1-11-18(21(31)28(27-11)15-3-5-16(6-4-15)32-22(23)24)20(30)26-17-10-14(12(2)29)9-13-7-8-25-19(13)17/h3-10,18,22,25H,1-2H3,(H,26,30). The third kappa shape index (κ3) is 3.94. The minimum absolute atomic E-state index is 0.0642. The van der Waals surface area contributed by atoms with Gasteiger partial charge in [0.25, 0.3) is 5.91 Å². The number of nitrogens with zero attached hydrogens (tertiary/aromatic N) is 2. The molecule has 4 rings (SSSR count). The van der Waals surface area contributed by atoms with Gasteiger partial charge >= 0.3 is 6.61 Å². The highest BCUT2D eigenvalue weighted by Gasteiger charge is 2.40. The lowest BCUT2D eigenvalue weighted by Gasteiger charge is -2.15. The van der Waals surface area contributed by atoms with Crippen molar-refractivity contribution in [2.75, 3.05) is 10.3 Å². The van der Waals surface area contributed by atoms with Crippen molar-refractivity contribution >= 4 is 45.6 Å². The Morgan fingerprint density at radius 1 is 1.19 bits per heavy atom. The lowest BCUT2D eigenvalue weighted by atomic mass is 10.0. The van der Waals surface area contributed by atoms with Crippen molar-refractivity contribution in [3.63, 3.8) is 0 Å². The van der Waals surface area contributed by atoms with Crippen LogP contribution in [-0.2, 0) is 9.59 Å². The first-order valence-corrected chi connectivity index (χ1v) is 9.61. The molecule has 0 saturated carbocycles. The van der Waals surface area contributed by atoms with Crippen molar-refractivity contribution in [2.45, 2.75) is 20.5 Å². The van der Waals surface area contributed by atoms with E-state index in [0.717, 1.165) is 10.4 Å². The molecule has 2 heterocycles. The Bertz CT molecular complexity index is 1250. The molecule has 0 fully saturated rings. The maximum absolute atomic E-state index is 13.0. The van der Waals surface area contributed by atoms with Gasteiger partial charge in [0.1, 0.15) is 5.75 Å². The molecule has 164 valence electrons. The van der Waals surface area contributed by atoms with Gasteiger partial charge in [-0.3, -0.25) is 14.4 Å². The second-order valence-electron chi connectivity index (χ2n) is 7.21. The number of carbonyl (C=O) groups is 3. The van der Waals surface area contributed by atoms with Gasteiger partial charge in [-0.2, -0.15) is 18.9 Å². The number of Topliss-reactive ketones (excluding diaryl/α,β-unsaturated/α-hetero) is 1. The molecule has 3 aromatic rings. The molecule has 32 heavy (non-hydrogen) atoms. The number of halogens is 2. The topological polar surface area (TPSA) is 104 Å². The van der Waals surface area contributed by atoms with Gasteiger partial charge in [-0.15, -0.1) is 0 Å². The van der Waals surface area contributed by atoms with Crippen LogP contribution >= 0.6 is 0 Å². The monoisotopic (exact) mass is 440 g/mol. The van der Waals surface area contributed by atoms with Crippen molar-refractivity contribution in [3.8, 4) is 5.75 Å². The normalized spacial score (nSPS) is 15.9. The van der Waals surface area contributed by atoms with E-state index < -0.39 is 24.3 Å². The number of carbonyl (C=O) groups excluding carboxylic acids is 3. The maximum Gasteiger partial charge on any atom is 0.387 e. The molecule has 1 aliphatic heterocycles. The number of H-pyrrole nitrogens is 1. The van der Waals surface area contributed by atoms with Crippen molar-refractivity contribution in [3.05, 3.63) is 54.2 Å². The van der Waals surface area contributed by atoms with E-state index in [1.807, 2.05) is 0 Å². The first-order chi connectivity index (χ1) is 15.2. The highest BCUT2D eigenvalue weighted by Crippen LogP contribution is 2.29. The summed E-state index contributed by atoms with van der Waals surface area (Å²) in [6, 6.07) is 10.4. The molecule has 0 saturated heterocycles. The summed E-state index contributed by atoms with van der Waals surface area (Å²) in [5.74, 6) is -2.60. The van der Waals surface area contributed by atoms with Crippen LogP contribution in [0, 0.1) is 5.92 Å². The Hall–Kier alpha value is -4.08. The Balaban J connectivity index is 1.56. The van der Waals surface area contributed by atoms with Gasteiger partial charge < -0.3 is 15.0 Å². The highest BCUT2D eigenvalue weighted by atomic mass is 19.3. The van der Waals surface area contributed by atoms with E-state index in [0.29, 0.717) is 22.5 Å². The molecule has 0 bridgehead atoms. The number of ketones is 1. The predicted octanol–water partition coefficient (Wildman–Crippen LogP) is 3.95. The lowest BCUT2D eigenvalue weighted by Crippen LogP contribution is -2.36. The molecule has 2 aromatic carbocycles. The second-order valence-corrected chi connectivity index (χ2v) is 7.21. The van der Waals surface area contributed by atoms with Crippen LogP contribution in [0.3, 0.4) is 0 Å². The Morgan fingerprint density at radius 2 is 1.91 bits per heavy atom. The van der Waals surface area contributed by atoms with E-state index in [-0.39, 0.29) is 17.2 Å². The number of hydrogen-bond acceptors (Lipinski definition) is 5. The van der Waals surface area contributed by atoms with Crippen LogP contribution in [0.5, 0.6) is 5.75 Å². The van der Waals surface area contributed by atoms with Crippen LogP contribution < -0.4 is 15.1 Å². The first-order valence-electron chi connectivity index (χ1n) is 9.61. The molecule has 1 atom stereocenters. The number of nitrogens with one attached hydrogen (secondary N) is 2. The van der Waals surface area contributed by atoms with Gasteiger partial charge in [0.15, 0.2) is 11.7 Å². The fraction of sp³-hybridized carbons (Fsp3) is 0.182. The number of anilines is 2. The number of rotatable bonds is 6. The van der Waals surface area contributed by atoms with Crippen LogP contribution in [0.2, 0.25) is 0 Å². The van der Waals surface area contributed by atoms with Crippen LogP contribution in [0.4, 0.5) is 20.2 Å². The first kappa shape index (κ1) is 21.2. The molecule has 1 unspecified atom stereocenters. The largest absolute Gasteiger partial charge is 0.435 e. The summed E-state index contributed by atoms with van der Waals surface area (Å²) in [5.41, 5.74) is 1.98. The molecule has 0 spiro atoms. The average molecular weight is 440 g/mol. The van der Waals surface area contributed by atoms with Crippen LogP contribution in [0.1, 0.15) is 24.2 Å². The summed E-state index contributed by atoms with van der Waals surface area (Å²) >= 11 is 0. The molecule has 2 N–H and O–H groups in total. The van der Waals surface area contributed by atoms with Gasteiger partial charge in [-0.25, -0.2) is 0 Å². The molecule has 1 aromatic heterocycles. The maximum atomic E-state index is 13.0. The van der Waals surface area contributed by atoms with Crippen LogP contribution in [0.15, 0.2) is 53.8 Å². The Kier molecular flexibility index (Phi) is 5.43. The van der Waals surface area contributed by atoms with Gasteiger partial charge in [0.05, 0.1) is 22.6 Å². The number of amides is 2. The molecule has 0 radical (unpaired) electrons. The zero-order valence-electron chi connectivity index (χ0n) is 17.1. The van der Waals surface area contributed by atoms with E-state index in [9.17, 15) is 23.2 Å². The number of hydrogen-bond donors (Lipinski definition) is 2. The Labute approximate surface area is 180 Å². The predicted molar refractivity (Wildman–Crippen MR) is 114 cm³/mol. The van der Waals surface area contributed by atoms with E-state index in [1.165, 1.54) is 31.2 Å². The Morgan fingerprint density at radius 3 is 2.56 bits per heavy atom. The van der Waals surface area contributed by atoms with Gasteiger partial charge in [0, 0.05) is 17.1 Å². The minimum Gasteiger partial charge on any atom is -0.435 e. The van der Waals surface area contributed by atoms with E-state index in [4.69, 9.17) is 0 Å². The van der Waals surface area contributed by atoms with Gasteiger partial charge in [-0.05, 0) is 56.3 Å². The number of ether oxygens (including phenoxy) is 1. The van der Waals surface area contributed by atoms with E-state index in [1.54, 1.807) is 31.3 Å². The number of alkyl halides is 2. The van der Waals surface area contributed by atoms with E-state index in [2.05, 4.69) is 20.1 Å². The number of benzene rings is 2.